The lowest BCUT2D eigenvalue weighted by Crippen LogP contribution is -2.25. The predicted molar refractivity (Wildman–Crippen MR) is 91.9 cm³/mol. The van der Waals surface area contributed by atoms with E-state index in [-0.39, 0.29) is 18.2 Å². The molecule has 122 valence electrons. The zero-order valence-electron chi connectivity index (χ0n) is 12.8. The zero-order valence-corrected chi connectivity index (χ0v) is 13.7. The normalized spacial score (nSPS) is 16.4. The molecule has 2 aromatic carbocycles. The monoisotopic (exact) mass is 334 g/mol. The number of para-hydroxylation sites is 1. The Labute approximate surface area is 141 Å². The van der Waals surface area contributed by atoms with Crippen LogP contribution in [0.1, 0.15) is 16.7 Å². The number of rotatable bonds is 2. The summed E-state index contributed by atoms with van der Waals surface area (Å²) in [4.78, 5) is 2.25. The van der Waals surface area contributed by atoms with Gasteiger partial charge in [-0.2, -0.15) is 0 Å². The van der Waals surface area contributed by atoms with Crippen molar-refractivity contribution >= 4 is 18.1 Å². The van der Waals surface area contributed by atoms with E-state index in [2.05, 4.69) is 28.4 Å². The molecular formula is C18H20ClFN2O. The van der Waals surface area contributed by atoms with Gasteiger partial charge in [-0.25, -0.2) is 4.39 Å². The third-order valence-electron chi connectivity index (χ3n) is 4.45. The number of ether oxygens (including phenoxy) is 1. The van der Waals surface area contributed by atoms with Gasteiger partial charge in [-0.15, -0.1) is 12.4 Å². The Morgan fingerprint density at radius 3 is 2.96 bits per heavy atom. The molecule has 0 aliphatic carbocycles. The maximum atomic E-state index is 14.1. The molecule has 0 saturated heterocycles. The number of hydrogen-bond acceptors (Lipinski definition) is 3. The lowest BCUT2D eigenvalue weighted by molar-refractivity contribution is 0.219. The fourth-order valence-corrected chi connectivity index (χ4v) is 3.33. The van der Waals surface area contributed by atoms with Gasteiger partial charge in [0.15, 0.2) is 0 Å². The van der Waals surface area contributed by atoms with Crippen LogP contribution in [-0.2, 0) is 19.5 Å². The zero-order chi connectivity index (χ0) is 14.9. The van der Waals surface area contributed by atoms with Gasteiger partial charge in [0.1, 0.15) is 18.2 Å². The molecule has 0 amide bonds. The van der Waals surface area contributed by atoms with Crippen molar-refractivity contribution in [1.29, 1.82) is 0 Å². The second kappa shape index (κ2) is 6.77. The summed E-state index contributed by atoms with van der Waals surface area (Å²) in [7, 11) is 0. The Balaban J connectivity index is 0.00000156. The summed E-state index contributed by atoms with van der Waals surface area (Å²) in [5, 5.41) is 3.47. The molecule has 0 bridgehead atoms. The molecule has 0 saturated carbocycles. The van der Waals surface area contributed by atoms with E-state index in [1.165, 1.54) is 22.9 Å². The highest BCUT2D eigenvalue weighted by atomic mass is 35.5. The van der Waals surface area contributed by atoms with Crippen molar-refractivity contribution in [2.45, 2.75) is 19.5 Å². The molecule has 5 heteroatoms. The number of anilines is 1. The van der Waals surface area contributed by atoms with Gasteiger partial charge in [0.25, 0.3) is 0 Å². The van der Waals surface area contributed by atoms with Crippen LogP contribution < -0.4 is 10.1 Å². The van der Waals surface area contributed by atoms with Crippen LogP contribution in [0.2, 0.25) is 0 Å². The minimum atomic E-state index is -0.180. The topological polar surface area (TPSA) is 24.5 Å². The van der Waals surface area contributed by atoms with E-state index >= 15 is 0 Å². The van der Waals surface area contributed by atoms with E-state index in [0.29, 0.717) is 24.5 Å². The molecular weight excluding hydrogens is 315 g/mol. The summed E-state index contributed by atoms with van der Waals surface area (Å²) in [5.74, 6) is 0.500. The average molecular weight is 335 g/mol. The minimum absolute atomic E-state index is 0. The standard InChI is InChI=1S/C18H19FN2O.ClH/c19-16-5-2-6-17-15(16)12-21(9-10-22-17)11-14-4-1-3-13-7-8-20-18(13)14;/h1-6,20H,7-12H2;1H. The summed E-state index contributed by atoms with van der Waals surface area (Å²) < 4.78 is 19.8. The molecule has 0 unspecified atom stereocenters. The summed E-state index contributed by atoms with van der Waals surface area (Å²) >= 11 is 0. The van der Waals surface area contributed by atoms with Crippen LogP contribution in [0.4, 0.5) is 10.1 Å². The predicted octanol–water partition coefficient (Wildman–Crippen LogP) is 3.61. The van der Waals surface area contributed by atoms with E-state index in [9.17, 15) is 4.39 Å². The molecule has 4 rings (SSSR count). The highest BCUT2D eigenvalue weighted by Crippen LogP contribution is 2.30. The van der Waals surface area contributed by atoms with Crippen molar-refractivity contribution in [3.8, 4) is 5.75 Å². The van der Waals surface area contributed by atoms with Gasteiger partial charge >= 0.3 is 0 Å². The fourth-order valence-electron chi connectivity index (χ4n) is 3.33. The number of halogens is 2. The average Bonchev–Trinajstić information content (AvgIpc) is 2.90. The van der Waals surface area contributed by atoms with Crippen molar-refractivity contribution in [3.05, 3.63) is 58.9 Å². The Morgan fingerprint density at radius 2 is 2.04 bits per heavy atom. The molecule has 3 nitrogen and oxygen atoms in total. The highest BCUT2D eigenvalue weighted by Gasteiger charge is 2.21. The molecule has 2 heterocycles. The smallest absolute Gasteiger partial charge is 0.131 e. The van der Waals surface area contributed by atoms with E-state index in [1.54, 1.807) is 6.07 Å². The minimum Gasteiger partial charge on any atom is -0.492 e. The summed E-state index contributed by atoms with van der Waals surface area (Å²) in [6, 6.07) is 11.5. The van der Waals surface area contributed by atoms with E-state index < -0.39 is 0 Å². The van der Waals surface area contributed by atoms with Crippen molar-refractivity contribution in [3.63, 3.8) is 0 Å². The maximum absolute atomic E-state index is 14.1. The number of fused-ring (bicyclic) bond motifs is 2. The molecule has 0 fully saturated rings. The highest BCUT2D eigenvalue weighted by molar-refractivity contribution is 5.85. The molecule has 2 aromatic rings. The molecule has 0 aromatic heterocycles. The van der Waals surface area contributed by atoms with Crippen LogP contribution in [0.5, 0.6) is 5.75 Å². The SMILES string of the molecule is Cl.Fc1cccc2c1CN(Cc1cccc3c1NCC3)CCO2. The lowest BCUT2D eigenvalue weighted by Gasteiger charge is -2.21. The lowest BCUT2D eigenvalue weighted by atomic mass is 10.1. The van der Waals surface area contributed by atoms with Gasteiger partial charge in [0.05, 0.1) is 0 Å². The van der Waals surface area contributed by atoms with Gasteiger partial charge in [0, 0.05) is 37.4 Å². The Morgan fingerprint density at radius 1 is 1.17 bits per heavy atom. The number of benzene rings is 2. The third-order valence-corrected chi connectivity index (χ3v) is 4.45. The van der Waals surface area contributed by atoms with Crippen molar-refractivity contribution in [2.75, 3.05) is 25.0 Å². The van der Waals surface area contributed by atoms with Gasteiger partial charge in [-0.1, -0.05) is 24.3 Å². The second-order valence-corrected chi connectivity index (χ2v) is 5.90. The first-order chi connectivity index (χ1) is 10.8. The van der Waals surface area contributed by atoms with Gasteiger partial charge in [0.2, 0.25) is 0 Å². The van der Waals surface area contributed by atoms with Crippen LogP contribution in [0.3, 0.4) is 0 Å². The van der Waals surface area contributed by atoms with Crippen LogP contribution in [-0.4, -0.2) is 24.6 Å². The summed E-state index contributed by atoms with van der Waals surface area (Å²) in [5.41, 5.74) is 4.60. The third kappa shape index (κ3) is 3.14. The Kier molecular flexibility index (Phi) is 4.74. The first kappa shape index (κ1) is 16.1. The van der Waals surface area contributed by atoms with Crippen molar-refractivity contribution < 1.29 is 9.13 Å². The van der Waals surface area contributed by atoms with Gasteiger partial charge in [-0.3, -0.25) is 4.90 Å². The van der Waals surface area contributed by atoms with Crippen LogP contribution >= 0.6 is 12.4 Å². The second-order valence-electron chi connectivity index (χ2n) is 5.90. The van der Waals surface area contributed by atoms with Crippen molar-refractivity contribution in [1.82, 2.24) is 4.90 Å². The quantitative estimate of drug-likeness (QED) is 0.908. The summed E-state index contributed by atoms with van der Waals surface area (Å²) in [6.45, 7) is 3.81. The largest absolute Gasteiger partial charge is 0.492 e. The first-order valence-electron chi connectivity index (χ1n) is 7.78. The molecule has 2 aliphatic heterocycles. The molecule has 0 spiro atoms. The van der Waals surface area contributed by atoms with Crippen molar-refractivity contribution in [2.24, 2.45) is 0 Å². The molecule has 23 heavy (non-hydrogen) atoms. The first-order valence-corrected chi connectivity index (χ1v) is 7.78. The molecule has 2 aliphatic rings. The van der Waals surface area contributed by atoms with Gasteiger partial charge < -0.3 is 10.1 Å². The molecule has 0 atom stereocenters. The molecule has 1 N–H and O–H groups in total. The van der Waals surface area contributed by atoms with Crippen LogP contribution in [0, 0.1) is 5.82 Å². The maximum Gasteiger partial charge on any atom is 0.131 e. The van der Waals surface area contributed by atoms with Gasteiger partial charge in [-0.05, 0) is 29.7 Å². The number of nitrogens with zero attached hydrogens (tertiary/aromatic N) is 1. The van der Waals surface area contributed by atoms with E-state index in [1.807, 2.05) is 6.07 Å². The summed E-state index contributed by atoms with van der Waals surface area (Å²) in [6.07, 6.45) is 1.09. The van der Waals surface area contributed by atoms with Crippen LogP contribution in [0.15, 0.2) is 36.4 Å². The molecule has 0 radical (unpaired) electrons. The fraction of sp³-hybridized carbons (Fsp3) is 0.333. The van der Waals surface area contributed by atoms with E-state index in [4.69, 9.17) is 4.74 Å². The number of nitrogens with one attached hydrogen (secondary N) is 1. The Bertz CT molecular complexity index is 707. The van der Waals surface area contributed by atoms with Crippen LogP contribution in [0.25, 0.3) is 0 Å². The Hall–Kier alpha value is -1.78. The number of hydrogen-bond donors (Lipinski definition) is 1. The van der Waals surface area contributed by atoms with E-state index in [0.717, 1.165) is 26.1 Å².